The number of anilines is 1. The number of benzene rings is 1. The zero-order chi connectivity index (χ0) is 15.6. The van der Waals surface area contributed by atoms with E-state index in [0.29, 0.717) is 5.13 Å². The molecular formula is C17H21N3OS. The topological polar surface area (TPSA) is 68.0 Å². The Morgan fingerprint density at radius 2 is 2.09 bits per heavy atom. The Hall–Kier alpha value is -1.72. The summed E-state index contributed by atoms with van der Waals surface area (Å²) in [6, 6.07) is 8.50. The Bertz CT molecular complexity index is 659. The van der Waals surface area contributed by atoms with E-state index in [1.807, 2.05) is 5.38 Å². The molecule has 1 aromatic heterocycles. The third kappa shape index (κ3) is 3.36. The number of nitrogens with zero attached hydrogens (tertiary/aromatic N) is 1. The van der Waals surface area contributed by atoms with Crippen molar-refractivity contribution in [1.29, 1.82) is 0 Å². The summed E-state index contributed by atoms with van der Waals surface area (Å²) in [6.45, 7) is 2.20. The molecular weight excluding hydrogens is 294 g/mol. The van der Waals surface area contributed by atoms with Crippen LogP contribution < -0.4 is 11.1 Å². The van der Waals surface area contributed by atoms with Crippen LogP contribution in [0.25, 0.3) is 11.3 Å². The molecule has 2 aromatic rings. The summed E-state index contributed by atoms with van der Waals surface area (Å²) < 4.78 is 0. The number of aryl methyl sites for hydroxylation is 1. The second kappa shape index (κ2) is 6.18. The Morgan fingerprint density at radius 3 is 2.73 bits per heavy atom. The lowest BCUT2D eigenvalue weighted by atomic mass is 10.1. The summed E-state index contributed by atoms with van der Waals surface area (Å²) >= 11 is 1.44. The van der Waals surface area contributed by atoms with Gasteiger partial charge >= 0.3 is 0 Å². The van der Waals surface area contributed by atoms with Crippen molar-refractivity contribution in [3.8, 4) is 11.3 Å². The lowest BCUT2D eigenvalue weighted by Crippen LogP contribution is -2.37. The maximum absolute atomic E-state index is 11.9. The summed E-state index contributed by atoms with van der Waals surface area (Å²) in [5.41, 5.74) is 8.54. The van der Waals surface area contributed by atoms with Gasteiger partial charge in [0.2, 0.25) is 5.91 Å². The third-order valence-corrected chi connectivity index (χ3v) is 4.79. The van der Waals surface area contributed by atoms with Gasteiger partial charge < -0.3 is 11.1 Å². The number of unbranched alkanes of at least 4 members (excludes halogenated alkanes) is 1. The number of amides is 1. The smallest absolute Gasteiger partial charge is 0.246 e. The standard InChI is InChI=1S/C17H21N3OS/c1-2-3-4-12-5-7-13(8-6-12)14-11-22-16(19-14)20-15(21)17(18)9-10-17/h5-8,11H,2-4,9-10,18H2,1H3,(H,19,20,21). The number of nitrogens with two attached hydrogens (primary N) is 1. The van der Waals surface area contributed by atoms with Crippen molar-refractivity contribution in [2.75, 3.05) is 5.32 Å². The second-order valence-electron chi connectivity index (χ2n) is 5.95. The summed E-state index contributed by atoms with van der Waals surface area (Å²) in [6.07, 6.45) is 5.06. The van der Waals surface area contributed by atoms with Crippen LogP contribution in [0.15, 0.2) is 29.6 Å². The largest absolute Gasteiger partial charge is 0.317 e. The molecule has 4 nitrogen and oxygen atoms in total. The van der Waals surface area contributed by atoms with Crippen LogP contribution in [-0.2, 0) is 11.2 Å². The highest BCUT2D eigenvalue weighted by atomic mass is 32.1. The van der Waals surface area contributed by atoms with Crippen molar-refractivity contribution in [1.82, 2.24) is 4.98 Å². The molecule has 1 aliphatic carbocycles. The summed E-state index contributed by atoms with van der Waals surface area (Å²) in [7, 11) is 0. The monoisotopic (exact) mass is 315 g/mol. The molecule has 1 saturated carbocycles. The van der Waals surface area contributed by atoms with Gasteiger partial charge in [-0.2, -0.15) is 0 Å². The molecule has 0 aliphatic heterocycles. The zero-order valence-corrected chi connectivity index (χ0v) is 13.6. The summed E-state index contributed by atoms with van der Waals surface area (Å²) in [5, 5.41) is 5.40. The molecule has 0 unspecified atom stereocenters. The number of carbonyl (C=O) groups excluding carboxylic acids is 1. The molecule has 1 aliphatic rings. The predicted molar refractivity (Wildman–Crippen MR) is 90.9 cm³/mol. The lowest BCUT2D eigenvalue weighted by molar-refractivity contribution is -0.118. The Morgan fingerprint density at radius 1 is 1.36 bits per heavy atom. The van der Waals surface area contributed by atoms with Gasteiger partial charge in [0.05, 0.1) is 11.2 Å². The van der Waals surface area contributed by atoms with E-state index in [1.165, 1.54) is 29.7 Å². The minimum atomic E-state index is -0.660. The third-order valence-electron chi connectivity index (χ3n) is 4.03. The lowest BCUT2D eigenvalue weighted by Gasteiger charge is -2.06. The van der Waals surface area contributed by atoms with Crippen LogP contribution in [0.4, 0.5) is 5.13 Å². The molecule has 5 heteroatoms. The fourth-order valence-electron chi connectivity index (χ4n) is 2.27. The van der Waals surface area contributed by atoms with Crippen molar-refractivity contribution in [3.63, 3.8) is 0 Å². The van der Waals surface area contributed by atoms with Crippen molar-refractivity contribution < 1.29 is 4.79 Å². The van der Waals surface area contributed by atoms with Crippen molar-refractivity contribution in [3.05, 3.63) is 35.2 Å². The van der Waals surface area contributed by atoms with Gasteiger partial charge in [-0.1, -0.05) is 37.6 Å². The highest BCUT2D eigenvalue weighted by Gasteiger charge is 2.46. The van der Waals surface area contributed by atoms with E-state index in [9.17, 15) is 4.79 Å². The number of nitrogens with one attached hydrogen (secondary N) is 1. The van der Waals surface area contributed by atoms with E-state index < -0.39 is 5.54 Å². The summed E-state index contributed by atoms with van der Waals surface area (Å²) in [4.78, 5) is 16.4. The molecule has 0 saturated heterocycles. The van der Waals surface area contributed by atoms with Crippen LogP contribution in [0.5, 0.6) is 0 Å². The van der Waals surface area contributed by atoms with Gasteiger partial charge in [-0.25, -0.2) is 4.98 Å². The Kier molecular flexibility index (Phi) is 4.27. The van der Waals surface area contributed by atoms with Crippen molar-refractivity contribution in [2.45, 2.75) is 44.6 Å². The highest BCUT2D eigenvalue weighted by molar-refractivity contribution is 7.14. The fourth-order valence-corrected chi connectivity index (χ4v) is 2.98. The van der Waals surface area contributed by atoms with E-state index in [4.69, 9.17) is 5.73 Å². The molecule has 1 fully saturated rings. The fraction of sp³-hybridized carbons (Fsp3) is 0.412. The molecule has 3 rings (SSSR count). The molecule has 1 aromatic carbocycles. The number of hydrogen-bond donors (Lipinski definition) is 2. The molecule has 3 N–H and O–H groups in total. The van der Waals surface area contributed by atoms with Gasteiger partial charge in [0.1, 0.15) is 0 Å². The number of hydrogen-bond acceptors (Lipinski definition) is 4. The molecule has 1 amide bonds. The van der Waals surface area contributed by atoms with Crippen molar-refractivity contribution in [2.24, 2.45) is 5.73 Å². The number of rotatable bonds is 6. The average molecular weight is 315 g/mol. The molecule has 22 heavy (non-hydrogen) atoms. The van der Waals surface area contributed by atoms with Gasteiger partial charge in [-0.3, -0.25) is 4.79 Å². The molecule has 0 radical (unpaired) electrons. The maximum atomic E-state index is 11.9. The first-order chi connectivity index (χ1) is 10.6. The Labute approximate surface area is 134 Å². The van der Waals surface area contributed by atoms with Gasteiger partial charge in [0.25, 0.3) is 0 Å². The maximum Gasteiger partial charge on any atom is 0.246 e. The zero-order valence-electron chi connectivity index (χ0n) is 12.8. The molecule has 1 heterocycles. The number of aromatic nitrogens is 1. The minimum Gasteiger partial charge on any atom is -0.317 e. The first-order valence-corrected chi connectivity index (χ1v) is 8.64. The SMILES string of the molecule is CCCCc1ccc(-c2csc(NC(=O)C3(N)CC3)n2)cc1. The summed E-state index contributed by atoms with van der Waals surface area (Å²) in [5.74, 6) is -0.122. The molecule has 0 bridgehead atoms. The van der Waals surface area contributed by atoms with Crippen LogP contribution in [0, 0.1) is 0 Å². The highest BCUT2D eigenvalue weighted by Crippen LogP contribution is 2.34. The normalized spacial score (nSPS) is 15.5. The van der Waals surface area contributed by atoms with Crippen LogP contribution in [0.1, 0.15) is 38.2 Å². The minimum absolute atomic E-state index is 0.122. The van der Waals surface area contributed by atoms with Crippen LogP contribution >= 0.6 is 11.3 Å². The van der Waals surface area contributed by atoms with E-state index >= 15 is 0 Å². The number of carbonyl (C=O) groups is 1. The first kappa shape index (κ1) is 15.2. The molecule has 0 spiro atoms. The van der Waals surface area contributed by atoms with E-state index in [-0.39, 0.29) is 5.91 Å². The molecule has 116 valence electrons. The van der Waals surface area contributed by atoms with Gasteiger partial charge in [0, 0.05) is 10.9 Å². The average Bonchev–Trinajstić information content (AvgIpc) is 3.11. The van der Waals surface area contributed by atoms with Crippen LogP contribution in [0.3, 0.4) is 0 Å². The van der Waals surface area contributed by atoms with E-state index in [2.05, 4.69) is 41.5 Å². The van der Waals surface area contributed by atoms with Gasteiger partial charge in [-0.15, -0.1) is 11.3 Å². The second-order valence-corrected chi connectivity index (χ2v) is 6.81. The van der Waals surface area contributed by atoms with E-state index in [1.54, 1.807) is 0 Å². The van der Waals surface area contributed by atoms with Crippen molar-refractivity contribution >= 4 is 22.4 Å². The first-order valence-electron chi connectivity index (χ1n) is 7.76. The van der Waals surface area contributed by atoms with Gasteiger partial charge in [0.15, 0.2) is 5.13 Å². The Balaban J connectivity index is 1.66. The van der Waals surface area contributed by atoms with Crippen LogP contribution in [0.2, 0.25) is 0 Å². The van der Waals surface area contributed by atoms with Gasteiger partial charge in [-0.05, 0) is 31.2 Å². The van der Waals surface area contributed by atoms with Crippen LogP contribution in [-0.4, -0.2) is 16.4 Å². The number of thiazole rings is 1. The quantitative estimate of drug-likeness (QED) is 0.856. The molecule has 0 atom stereocenters. The van der Waals surface area contributed by atoms with E-state index in [0.717, 1.165) is 30.5 Å². The predicted octanol–water partition coefficient (Wildman–Crippen LogP) is 3.58.